The number of morpholine rings is 1. The van der Waals surface area contributed by atoms with E-state index in [1.165, 1.54) is 22.2 Å². The fourth-order valence-corrected chi connectivity index (χ4v) is 4.25. The number of thiophene rings is 1. The molecule has 8 nitrogen and oxygen atoms in total. The van der Waals surface area contributed by atoms with Gasteiger partial charge >= 0.3 is 0 Å². The van der Waals surface area contributed by atoms with Crippen LogP contribution in [0.1, 0.15) is 21.7 Å². The first-order chi connectivity index (χ1) is 13.0. The van der Waals surface area contributed by atoms with Crippen LogP contribution in [0.15, 0.2) is 11.1 Å². The van der Waals surface area contributed by atoms with E-state index < -0.39 is 0 Å². The number of ether oxygens (including phenoxy) is 1. The van der Waals surface area contributed by atoms with Crippen molar-refractivity contribution >= 4 is 27.5 Å². The van der Waals surface area contributed by atoms with E-state index in [0.29, 0.717) is 47.0 Å². The molecule has 1 amide bonds. The molecule has 1 aliphatic rings. The van der Waals surface area contributed by atoms with Gasteiger partial charge in [-0.25, -0.2) is 4.98 Å². The van der Waals surface area contributed by atoms with Crippen LogP contribution in [0, 0.1) is 18.3 Å². The van der Waals surface area contributed by atoms with Gasteiger partial charge in [-0.05, 0) is 12.5 Å². The lowest BCUT2D eigenvalue weighted by molar-refractivity contribution is 0.0326. The van der Waals surface area contributed by atoms with Crippen molar-refractivity contribution in [3.63, 3.8) is 0 Å². The van der Waals surface area contributed by atoms with E-state index in [0.717, 1.165) is 19.6 Å². The molecule has 1 saturated heterocycles. The first-order valence-corrected chi connectivity index (χ1v) is 9.75. The number of carbonyl (C=O) groups excluding carboxylic acids is 1. The van der Waals surface area contributed by atoms with E-state index in [4.69, 9.17) is 10.00 Å². The van der Waals surface area contributed by atoms with Gasteiger partial charge < -0.3 is 14.2 Å². The van der Waals surface area contributed by atoms with Crippen molar-refractivity contribution in [2.24, 2.45) is 7.05 Å². The maximum absolute atomic E-state index is 13.2. The monoisotopic (exact) mass is 389 g/mol. The Morgan fingerprint density at radius 3 is 2.85 bits per heavy atom. The van der Waals surface area contributed by atoms with E-state index in [2.05, 4.69) is 16.0 Å². The Kier molecular flexibility index (Phi) is 6.21. The molecule has 1 aliphatic heterocycles. The van der Waals surface area contributed by atoms with Crippen LogP contribution in [0.4, 0.5) is 0 Å². The number of nitriles is 1. The number of aryl methyl sites for hydroxylation is 2. The number of amides is 1. The molecule has 0 aliphatic carbocycles. The molecule has 3 heterocycles. The second kappa shape index (κ2) is 8.61. The third-order valence-electron chi connectivity index (χ3n) is 4.78. The lowest BCUT2D eigenvalue weighted by atomic mass is 10.2. The molecule has 0 spiro atoms. The summed E-state index contributed by atoms with van der Waals surface area (Å²) in [6, 6.07) is 2.11. The molecule has 2 aromatic rings. The van der Waals surface area contributed by atoms with Crippen LogP contribution >= 0.6 is 11.3 Å². The van der Waals surface area contributed by atoms with Crippen LogP contribution in [-0.2, 0) is 11.8 Å². The van der Waals surface area contributed by atoms with Gasteiger partial charge in [0.1, 0.15) is 4.83 Å². The molecule has 1 fully saturated rings. The summed E-state index contributed by atoms with van der Waals surface area (Å²) >= 11 is 1.25. The van der Waals surface area contributed by atoms with E-state index in [9.17, 15) is 9.59 Å². The number of aromatic nitrogens is 2. The minimum Gasteiger partial charge on any atom is -0.379 e. The predicted molar refractivity (Wildman–Crippen MR) is 103 cm³/mol. The number of hydrogen-bond donors (Lipinski definition) is 0. The Morgan fingerprint density at radius 1 is 1.41 bits per heavy atom. The molecule has 0 saturated carbocycles. The van der Waals surface area contributed by atoms with Crippen LogP contribution in [0.25, 0.3) is 10.2 Å². The van der Waals surface area contributed by atoms with Crippen LogP contribution in [0.5, 0.6) is 0 Å². The first-order valence-electron chi connectivity index (χ1n) is 8.94. The number of carbonyl (C=O) groups is 1. The van der Waals surface area contributed by atoms with E-state index in [-0.39, 0.29) is 17.9 Å². The van der Waals surface area contributed by atoms with Gasteiger partial charge in [-0.15, -0.1) is 11.3 Å². The molecule has 9 heteroatoms. The molecule has 0 unspecified atom stereocenters. The maximum Gasteiger partial charge on any atom is 0.264 e. The minimum absolute atomic E-state index is 0.138. The van der Waals surface area contributed by atoms with Crippen molar-refractivity contribution in [3.8, 4) is 6.07 Å². The van der Waals surface area contributed by atoms with Gasteiger partial charge in [-0.1, -0.05) is 0 Å². The normalized spacial score (nSPS) is 15.0. The van der Waals surface area contributed by atoms with Crippen molar-refractivity contribution in [2.75, 3.05) is 45.9 Å². The molecular weight excluding hydrogens is 366 g/mol. The Bertz CT molecular complexity index is 923. The van der Waals surface area contributed by atoms with Gasteiger partial charge in [0.15, 0.2) is 0 Å². The maximum atomic E-state index is 13.2. The van der Waals surface area contributed by atoms with Gasteiger partial charge in [0.25, 0.3) is 11.5 Å². The number of nitrogens with zero attached hydrogens (tertiary/aromatic N) is 5. The number of hydrogen-bond acceptors (Lipinski definition) is 7. The van der Waals surface area contributed by atoms with E-state index >= 15 is 0 Å². The Labute approximate surface area is 161 Å². The minimum atomic E-state index is -0.148. The molecule has 0 atom stereocenters. The quantitative estimate of drug-likeness (QED) is 0.732. The Morgan fingerprint density at radius 2 is 2.15 bits per heavy atom. The van der Waals surface area contributed by atoms with E-state index in [1.54, 1.807) is 18.9 Å². The van der Waals surface area contributed by atoms with Crippen LogP contribution in [-0.4, -0.2) is 71.2 Å². The summed E-state index contributed by atoms with van der Waals surface area (Å²) in [5.74, 6) is -0.138. The van der Waals surface area contributed by atoms with Crippen LogP contribution < -0.4 is 5.56 Å². The summed E-state index contributed by atoms with van der Waals surface area (Å²) in [4.78, 5) is 34.9. The lowest BCUT2D eigenvalue weighted by Crippen LogP contribution is -2.43. The number of fused-ring (bicyclic) bond motifs is 1. The third-order valence-corrected chi connectivity index (χ3v) is 5.96. The molecule has 144 valence electrons. The van der Waals surface area contributed by atoms with Crippen molar-refractivity contribution in [3.05, 3.63) is 27.1 Å². The van der Waals surface area contributed by atoms with Gasteiger partial charge in [0.2, 0.25) is 0 Å². The highest BCUT2D eigenvalue weighted by Gasteiger charge is 2.24. The topological polar surface area (TPSA) is 91.5 Å². The second-order valence-electron chi connectivity index (χ2n) is 6.55. The summed E-state index contributed by atoms with van der Waals surface area (Å²) < 4.78 is 6.78. The van der Waals surface area contributed by atoms with Crippen molar-refractivity contribution in [2.45, 2.75) is 13.3 Å². The summed E-state index contributed by atoms with van der Waals surface area (Å²) in [7, 11) is 1.65. The van der Waals surface area contributed by atoms with Gasteiger partial charge in [-0.2, -0.15) is 5.26 Å². The molecule has 2 aromatic heterocycles. The average molecular weight is 389 g/mol. The average Bonchev–Trinajstić information content (AvgIpc) is 3.02. The predicted octanol–water partition coefficient (Wildman–Crippen LogP) is 0.992. The van der Waals surface area contributed by atoms with E-state index in [1.807, 2.05) is 0 Å². The summed E-state index contributed by atoms with van der Waals surface area (Å²) in [5, 5.41) is 9.46. The second-order valence-corrected chi connectivity index (χ2v) is 7.55. The zero-order chi connectivity index (χ0) is 19.4. The van der Waals surface area contributed by atoms with Crippen molar-refractivity contribution < 1.29 is 9.53 Å². The zero-order valence-corrected chi connectivity index (χ0v) is 16.4. The van der Waals surface area contributed by atoms with Crippen LogP contribution in [0.2, 0.25) is 0 Å². The van der Waals surface area contributed by atoms with Gasteiger partial charge in [0, 0.05) is 39.8 Å². The summed E-state index contributed by atoms with van der Waals surface area (Å²) in [6.45, 7) is 6.56. The summed E-state index contributed by atoms with van der Waals surface area (Å²) in [5.41, 5.74) is 0.520. The standard InChI is InChI=1S/C18H23N5O3S/c1-13-14-16(20-12-21(2)17(14)24)27-15(13)18(25)23(5-3-4-19)7-6-22-8-10-26-11-9-22/h12H,3,5-11H2,1-2H3. The third kappa shape index (κ3) is 4.18. The fourth-order valence-electron chi connectivity index (χ4n) is 3.14. The molecule has 0 bridgehead atoms. The van der Waals surface area contributed by atoms with Gasteiger partial charge in [-0.3, -0.25) is 14.5 Å². The molecule has 0 radical (unpaired) electrons. The Balaban J connectivity index is 1.83. The van der Waals surface area contributed by atoms with Crippen molar-refractivity contribution in [1.29, 1.82) is 5.26 Å². The lowest BCUT2D eigenvalue weighted by Gasteiger charge is -2.29. The first kappa shape index (κ1) is 19.5. The Hall–Kier alpha value is -2.28. The zero-order valence-electron chi connectivity index (χ0n) is 15.6. The molecule has 3 rings (SSSR count). The highest BCUT2D eigenvalue weighted by atomic mass is 32.1. The smallest absolute Gasteiger partial charge is 0.264 e. The van der Waals surface area contributed by atoms with Crippen LogP contribution in [0.3, 0.4) is 0 Å². The SMILES string of the molecule is Cc1c(C(=O)N(CCC#N)CCN2CCOCC2)sc2ncn(C)c(=O)c12. The fraction of sp³-hybridized carbons (Fsp3) is 0.556. The molecule has 0 aromatic carbocycles. The highest BCUT2D eigenvalue weighted by Crippen LogP contribution is 2.28. The number of rotatable bonds is 6. The molecular formula is C18H23N5O3S. The summed E-state index contributed by atoms with van der Waals surface area (Å²) in [6.07, 6.45) is 1.75. The molecule has 27 heavy (non-hydrogen) atoms. The van der Waals surface area contributed by atoms with Gasteiger partial charge in [0.05, 0.1) is 42.3 Å². The highest BCUT2D eigenvalue weighted by molar-refractivity contribution is 7.20. The van der Waals surface area contributed by atoms with Crippen molar-refractivity contribution in [1.82, 2.24) is 19.4 Å². The largest absolute Gasteiger partial charge is 0.379 e. The molecule has 0 N–H and O–H groups in total.